The van der Waals surface area contributed by atoms with E-state index in [9.17, 15) is 0 Å². The van der Waals surface area contributed by atoms with Crippen molar-refractivity contribution in [2.45, 2.75) is 20.0 Å². The number of thiazole rings is 1. The zero-order valence-corrected chi connectivity index (χ0v) is 12.1. The number of hydrogen-bond donors (Lipinski definition) is 1. The van der Waals surface area contributed by atoms with Crippen LogP contribution in [0.15, 0.2) is 48.2 Å². The lowest BCUT2D eigenvalue weighted by atomic mass is 10.2. The predicted octanol–water partition coefficient (Wildman–Crippen LogP) is 3.64. The molecule has 5 heteroatoms. The third kappa shape index (κ3) is 2.72. The van der Waals surface area contributed by atoms with Crippen LogP contribution in [0.25, 0.3) is 10.6 Å². The summed E-state index contributed by atoms with van der Waals surface area (Å²) in [6.45, 7) is 3.78. The summed E-state index contributed by atoms with van der Waals surface area (Å²) >= 11 is 1.65. The molecule has 3 rings (SSSR count). The van der Waals surface area contributed by atoms with Gasteiger partial charge in [0.2, 0.25) is 0 Å². The highest BCUT2D eigenvalue weighted by atomic mass is 32.1. The molecule has 2 aromatic heterocycles. The molecule has 1 aromatic carbocycles. The molecule has 20 heavy (non-hydrogen) atoms. The van der Waals surface area contributed by atoms with Crippen LogP contribution in [0.4, 0.5) is 5.69 Å². The van der Waals surface area contributed by atoms with E-state index >= 15 is 0 Å². The maximum atomic E-state index is 4.36. The summed E-state index contributed by atoms with van der Waals surface area (Å²) in [5.74, 6) is 1.05. The van der Waals surface area contributed by atoms with E-state index in [1.807, 2.05) is 30.0 Å². The van der Waals surface area contributed by atoms with Gasteiger partial charge in [-0.05, 0) is 19.1 Å². The summed E-state index contributed by atoms with van der Waals surface area (Å²) in [6, 6.07) is 8.32. The third-order valence-electron chi connectivity index (χ3n) is 3.13. The summed E-state index contributed by atoms with van der Waals surface area (Å²) in [5.41, 5.74) is 2.23. The predicted molar refractivity (Wildman–Crippen MR) is 82.8 cm³/mol. The highest BCUT2D eigenvalue weighted by Gasteiger charge is 2.03. The van der Waals surface area contributed by atoms with Crippen LogP contribution < -0.4 is 5.32 Å². The summed E-state index contributed by atoms with van der Waals surface area (Å²) < 4.78 is 2.14. The first kappa shape index (κ1) is 12.9. The quantitative estimate of drug-likeness (QED) is 0.778. The van der Waals surface area contributed by atoms with E-state index < -0.39 is 0 Å². The Labute approximate surface area is 122 Å². The van der Waals surface area contributed by atoms with Crippen LogP contribution in [0.2, 0.25) is 0 Å². The molecule has 2 heterocycles. The van der Waals surface area contributed by atoms with Gasteiger partial charge in [0.15, 0.2) is 0 Å². The molecule has 0 saturated heterocycles. The van der Waals surface area contributed by atoms with E-state index in [1.54, 1.807) is 11.3 Å². The van der Waals surface area contributed by atoms with Crippen molar-refractivity contribution in [3.63, 3.8) is 0 Å². The molecule has 0 amide bonds. The SMILES string of the molecule is CCn1ccnc1CNc1cccc(-c2nccs2)c1. The minimum Gasteiger partial charge on any atom is -0.378 e. The third-order valence-corrected chi connectivity index (χ3v) is 3.96. The van der Waals surface area contributed by atoms with Crippen LogP contribution in [-0.4, -0.2) is 14.5 Å². The number of anilines is 1. The first-order chi connectivity index (χ1) is 9.86. The molecular formula is C15H16N4S. The van der Waals surface area contributed by atoms with Gasteiger partial charge in [0.1, 0.15) is 10.8 Å². The van der Waals surface area contributed by atoms with Crippen molar-refractivity contribution in [1.82, 2.24) is 14.5 Å². The molecule has 0 aliphatic rings. The molecule has 0 aliphatic carbocycles. The molecule has 0 aliphatic heterocycles. The smallest absolute Gasteiger partial charge is 0.128 e. The van der Waals surface area contributed by atoms with Gasteiger partial charge in [0, 0.05) is 41.8 Å². The molecule has 0 spiro atoms. The van der Waals surface area contributed by atoms with Crippen molar-refractivity contribution >= 4 is 17.0 Å². The Bertz CT molecular complexity index is 673. The minimum atomic E-state index is 0.724. The number of hydrogen-bond acceptors (Lipinski definition) is 4. The standard InChI is InChI=1S/C15H16N4S/c1-2-19-8-6-16-14(19)11-18-13-5-3-4-12(10-13)15-17-7-9-20-15/h3-10,18H,2,11H2,1H3. The number of benzene rings is 1. The first-order valence-electron chi connectivity index (χ1n) is 6.60. The fourth-order valence-electron chi connectivity index (χ4n) is 2.10. The van der Waals surface area contributed by atoms with Crippen molar-refractivity contribution in [2.75, 3.05) is 5.32 Å². The second-order valence-electron chi connectivity index (χ2n) is 4.40. The molecule has 0 bridgehead atoms. The van der Waals surface area contributed by atoms with Crippen molar-refractivity contribution in [1.29, 1.82) is 0 Å². The average Bonchev–Trinajstić information content (AvgIpc) is 3.16. The molecule has 3 aromatic rings. The Morgan fingerprint density at radius 1 is 1.25 bits per heavy atom. The maximum absolute atomic E-state index is 4.36. The minimum absolute atomic E-state index is 0.724. The van der Waals surface area contributed by atoms with Crippen LogP contribution in [0, 0.1) is 0 Å². The van der Waals surface area contributed by atoms with E-state index in [0.29, 0.717) is 0 Å². The van der Waals surface area contributed by atoms with Gasteiger partial charge in [-0.2, -0.15) is 0 Å². The zero-order valence-electron chi connectivity index (χ0n) is 11.3. The second-order valence-corrected chi connectivity index (χ2v) is 5.30. The number of nitrogens with zero attached hydrogens (tertiary/aromatic N) is 3. The van der Waals surface area contributed by atoms with Crippen LogP contribution in [0.3, 0.4) is 0 Å². The van der Waals surface area contributed by atoms with Crippen LogP contribution in [0.1, 0.15) is 12.7 Å². The molecule has 0 saturated carbocycles. The summed E-state index contributed by atoms with van der Waals surface area (Å²) in [6.07, 6.45) is 5.67. The van der Waals surface area contributed by atoms with Gasteiger partial charge in [-0.3, -0.25) is 0 Å². The molecule has 0 radical (unpaired) electrons. The number of rotatable bonds is 5. The molecule has 0 unspecified atom stereocenters. The molecule has 4 nitrogen and oxygen atoms in total. The lowest BCUT2D eigenvalue weighted by molar-refractivity contribution is 0.708. The van der Waals surface area contributed by atoms with E-state index in [4.69, 9.17) is 0 Å². The Balaban J connectivity index is 1.74. The van der Waals surface area contributed by atoms with Crippen LogP contribution in [-0.2, 0) is 13.1 Å². The second kappa shape index (κ2) is 5.88. The van der Waals surface area contributed by atoms with Gasteiger partial charge in [0.25, 0.3) is 0 Å². The van der Waals surface area contributed by atoms with E-state index in [0.717, 1.165) is 35.2 Å². The van der Waals surface area contributed by atoms with E-state index in [2.05, 4.69) is 45.0 Å². The van der Waals surface area contributed by atoms with Crippen molar-refractivity contribution < 1.29 is 0 Å². The van der Waals surface area contributed by atoms with Gasteiger partial charge in [0.05, 0.1) is 6.54 Å². The molecule has 0 fully saturated rings. The van der Waals surface area contributed by atoms with Crippen molar-refractivity contribution in [2.24, 2.45) is 0 Å². The van der Waals surface area contributed by atoms with Gasteiger partial charge in [-0.1, -0.05) is 12.1 Å². The van der Waals surface area contributed by atoms with Gasteiger partial charge in [-0.25, -0.2) is 9.97 Å². The molecule has 1 N–H and O–H groups in total. The van der Waals surface area contributed by atoms with Gasteiger partial charge in [-0.15, -0.1) is 11.3 Å². The topological polar surface area (TPSA) is 42.7 Å². The van der Waals surface area contributed by atoms with Crippen LogP contribution in [0.5, 0.6) is 0 Å². The van der Waals surface area contributed by atoms with Crippen molar-refractivity contribution in [3.8, 4) is 10.6 Å². The van der Waals surface area contributed by atoms with Crippen LogP contribution >= 0.6 is 11.3 Å². The Morgan fingerprint density at radius 2 is 2.20 bits per heavy atom. The summed E-state index contributed by atoms with van der Waals surface area (Å²) in [7, 11) is 0. The highest BCUT2D eigenvalue weighted by Crippen LogP contribution is 2.24. The number of aromatic nitrogens is 3. The normalized spacial score (nSPS) is 10.7. The largest absolute Gasteiger partial charge is 0.378 e. The monoisotopic (exact) mass is 284 g/mol. The average molecular weight is 284 g/mol. The number of aryl methyl sites for hydroxylation is 1. The summed E-state index contributed by atoms with van der Waals surface area (Å²) in [5, 5.41) is 6.46. The molecule has 0 atom stereocenters. The lowest BCUT2D eigenvalue weighted by Gasteiger charge is -2.08. The fraction of sp³-hybridized carbons (Fsp3) is 0.200. The Hall–Kier alpha value is -2.14. The lowest BCUT2D eigenvalue weighted by Crippen LogP contribution is -2.07. The molecule has 102 valence electrons. The van der Waals surface area contributed by atoms with Gasteiger partial charge >= 0.3 is 0 Å². The Morgan fingerprint density at radius 3 is 3.00 bits per heavy atom. The fourth-order valence-corrected chi connectivity index (χ4v) is 2.74. The number of nitrogens with one attached hydrogen (secondary N) is 1. The highest BCUT2D eigenvalue weighted by molar-refractivity contribution is 7.13. The van der Waals surface area contributed by atoms with E-state index in [1.165, 1.54) is 0 Å². The maximum Gasteiger partial charge on any atom is 0.128 e. The number of imidazole rings is 1. The first-order valence-corrected chi connectivity index (χ1v) is 7.48. The van der Waals surface area contributed by atoms with Gasteiger partial charge < -0.3 is 9.88 Å². The zero-order chi connectivity index (χ0) is 13.8. The molecular weight excluding hydrogens is 268 g/mol. The summed E-state index contributed by atoms with van der Waals surface area (Å²) in [4.78, 5) is 8.70. The Kier molecular flexibility index (Phi) is 3.78. The van der Waals surface area contributed by atoms with E-state index in [-0.39, 0.29) is 0 Å². The van der Waals surface area contributed by atoms with Crippen molar-refractivity contribution in [3.05, 3.63) is 54.1 Å².